The van der Waals surface area contributed by atoms with Crippen molar-refractivity contribution in [3.63, 3.8) is 0 Å². The van der Waals surface area contributed by atoms with Crippen molar-refractivity contribution in [3.8, 4) is 0 Å². The van der Waals surface area contributed by atoms with Crippen molar-refractivity contribution in [1.82, 2.24) is 4.90 Å². The fourth-order valence-electron chi connectivity index (χ4n) is 2.42. The Balaban J connectivity index is 2.37. The summed E-state index contributed by atoms with van der Waals surface area (Å²) < 4.78 is 5.76. The van der Waals surface area contributed by atoms with Crippen molar-refractivity contribution in [3.05, 3.63) is 0 Å². The molecular weight excluding hydrogens is 228 g/mol. The summed E-state index contributed by atoms with van der Waals surface area (Å²) in [5.74, 6) is 0.367. The smallest absolute Gasteiger partial charge is 0.225 e. The molecule has 4 heteroatoms. The van der Waals surface area contributed by atoms with Gasteiger partial charge in [-0.15, -0.1) is 0 Å². The molecule has 0 aromatic carbocycles. The highest BCUT2D eigenvalue weighted by molar-refractivity contribution is 5.78. The van der Waals surface area contributed by atoms with E-state index in [2.05, 4.69) is 6.92 Å². The average Bonchev–Trinajstić information content (AvgIpc) is 2.42. The number of nitrogens with two attached hydrogens (primary N) is 1. The molecule has 0 radical (unpaired) electrons. The Morgan fingerprint density at radius 2 is 2.33 bits per heavy atom. The highest BCUT2D eigenvalue weighted by Crippen LogP contribution is 2.17. The summed E-state index contributed by atoms with van der Waals surface area (Å²) in [4.78, 5) is 14.2. The van der Waals surface area contributed by atoms with Crippen molar-refractivity contribution in [1.29, 1.82) is 0 Å². The minimum Gasteiger partial charge on any atom is -0.376 e. The van der Waals surface area contributed by atoms with Crippen LogP contribution in [0.3, 0.4) is 0 Å². The van der Waals surface area contributed by atoms with Crippen molar-refractivity contribution >= 4 is 5.91 Å². The molecule has 4 nitrogen and oxygen atoms in total. The Labute approximate surface area is 111 Å². The van der Waals surface area contributed by atoms with E-state index >= 15 is 0 Å². The van der Waals surface area contributed by atoms with E-state index in [9.17, 15) is 4.79 Å². The molecule has 0 spiro atoms. The molecule has 0 aromatic heterocycles. The van der Waals surface area contributed by atoms with Gasteiger partial charge in [0.2, 0.25) is 5.91 Å². The van der Waals surface area contributed by atoms with E-state index in [0.29, 0.717) is 6.54 Å². The lowest BCUT2D eigenvalue weighted by molar-refractivity contribution is -0.139. The summed E-state index contributed by atoms with van der Waals surface area (Å²) in [6.45, 7) is 7.24. The summed E-state index contributed by atoms with van der Waals surface area (Å²) in [5.41, 5.74) is 5.49. The third-order valence-corrected chi connectivity index (χ3v) is 3.51. The second-order valence-electron chi connectivity index (χ2n) is 5.25. The van der Waals surface area contributed by atoms with Crippen LogP contribution in [0.2, 0.25) is 0 Å². The van der Waals surface area contributed by atoms with Crippen LogP contribution in [0.25, 0.3) is 0 Å². The first-order chi connectivity index (χ1) is 8.69. The maximum atomic E-state index is 12.3. The number of nitrogens with zero attached hydrogens (tertiary/aromatic N) is 1. The number of hydrogen-bond acceptors (Lipinski definition) is 3. The second kappa shape index (κ2) is 8.48. The van der Waals surface area contributed by atoms with Crippen LogP contribution >= 0.6 is 0 Å². The van der Waals surface area contributed by atoms with Gasteiger partial charge in [0.25, 0.3) is 0 Å². The minimum absolute atomic E-state index is 0.0958. The zero-order valence-electron chi connectivity index (χ0n) is 11.9. The quantitative estimate of drug-likeness (QED) is 0.755. The Kier molecular flexibility index (Phi) is 7.28. The first-order valence-corrected chi connectivity index (χ1v) is 7.29. The van der Waals surface area contributed by atoms with Crippen LogP contribution < -0.4 is 5.73 Å². The maximum Gasteiger partial charge on any atom is 0.225 e. The van der Waals surface area contributed by atoms with E-state index < -0.39 is 0 Å². The second-order valence-corrected chi connectivity index (χ2v) is 5.25. The van der Waals surface area contributed by atoms with E-state index in [-0.39, 0.29) is 17.9 Å². The van der Waals surface area contributed by atoms with Gasteiger partial charge in [0.15, 0.2) is 0 Å². The number of carbonyl (C=O) groups is 1. The van der Waals surface area contributed by atoms with Crippen LogP contribution in [0.1, 0.15) is 46.0 Å². The molecule has 18 heavy (non-hydrogen) atoms. The summed E-state index contributed by atoms with van der Waals surface area (Å²) in [5, 5.41) is 0. The van der Waals surface area contributed by atoms with Gasteiger partial charge in [0.05, 0.1) is 6.10 Å². The first-order valence-electron chi connectivity index (χ1n) is 7.29. The Morgan fingerprint density at radius 3 is 3.00 bits per heavy atom. The average molecular weight is 256 g/mol. The van der Waals surface area contributed by atoms with Gasteiger partial charge in [-0.2, -0.15) is 0 Å². The molecule has 1 amide bonds. The number of carbonyl (C=O) groups excluding carboxylic acids is 1. The molecular formula is C14H28N2O2. The molecule has 1 saturated heterocycles. The van der Waals surface area contributed by atoms with Crippen molar-refractivity contribution < 1.29 is 9.53 Å². The number of amides is 1. The summed E-state index contributed by atoms with van der Waals surface area (Å²) in [7, 11) is 0. The van der Waals surface area contributed by atoms with Crippen molar-refractivity contribution in [2.75, 3.05) is 26.2 Å². The Morgan fingerprint density at radius 1 is 1.56 bits per heavy atom. The Bertz CT molecular complexity index is 246. The third kappa shape index (κ3) is 4.94. The lowest BCUT2D eigenvalue weighted by atomic mass is 10.0. The van der Waals surface area contributed by atoms with E-state index in [0.717, 1.165) is 51.8 Å². The van der Waals surface area contributed by atoms with Gasteiger partial charge in [-0.3, -0.25) is 4.79 Å². The monoisotopic (exact) mass is 256 g/mol. The number of rotatable bonds is 7. The Hall–Kier alpha value is -0.610. The fraction of sp³-hybridized carbons (Fsp3) is 0.929. The van der Waals surface area contributed by atoms with Crippen LogP contribution in [0.5, 0.6) is 0 Å². The van der Waals surface area contributed by atoms with Gasteiger partial charge in [0, 0.05) is 25.6 Å². The molecule has 1 aliphatic rings. The summed E-state index contributed by atoms with van der Waals surface area (Å²) in [6, 6.07) is 0. The van der Waals surface area contributed by atoms with E-state index in [1.165, 1.54) is 0 Å². The van der Waals surface area contributed by atoms with Crippen molar-refractivity contribution in [2.45, 2.75) is 52.1 Å². The van der Waals surface area contributed by atoms with Gasteiger partial charge < -0.3 is 15.4 Å². The molecule has 0 saturated carbocycles. The standard InChI is InChI=1S/C14H28N2O2/c1-3-10-18-13-7-5-9-16(11-13)14(17)12(2)6-4-8-15/h12-13H,3-11,15H2,1-2H3. The number of hydrogen-bond donors (Lipinski definition) is 1. The lowest BCUT2D eigenvalue weighted by Crippen LogP contribution is -2.45. The molecule has 106 valence electrons. The number of ether oxygens (including phenoxy) is 1. The SMILES string of the molecule is CCCOC1CCCN(C(=O)C(C)CCCN)C1. The van der Waals surface area contributed by atoms with Crippen LogP contribution in [0, 0.1) is 5.92 Å². The van der Waals surface area contributed by atoms with E-state index in [1.54, 1.807) is 0 Å². The number of likely N-dealkylation sites (tertiary alicyclic amines) is 1. The van der Waals surface area contributed by atoms with Crippen LogP contribution in [0.4, 0.5) is 0 Å². The summed E-state index contributed by atoms with van der Waals surface area (Å²) >= 11 is 0. The van der Waals surface area contributed by atoms with Gasteiger partial charge in [-0.25, -0.2) is 0 Å². The van der Waals surface area contributed by atoms with Crippen LogP contribution in [-0.4, -0.2) is 43.2 Å². The highest BCUT2D eigenvalue weighted by atomic mass is 16.5. The molecule has 1 rings (SSSR count). The van der Waals surface area contributed by atoms with Crippen LogP contribution in [0.15, 0.2) is 0 Å². The van der Waals surface area contributed by atoms with Gasteiger partial charge in [-0.1, -0.05) is 13.8 Å². The van der Waals surface area contributed by atoms with Crippen molar-refractivity contribution in [2.24, 2.45) is 11.7 Å². The normalized spacial score (nSPS) is 21.9. The first kappa shape index (κ1) is 15.4. The predicted molar refractivity (Wildman–Crippen MR) is 73.3 cm³/mol. The molecule has 1 heterocycles. The largest absolute Gasteiger partial charge is 0.376 e. The molecule has 2 unspecified atom stereocenters. The molecule has 1 aliphatic heterocycles. The molecule has 0 bridgehead atoms. The van der Waals surface area contributed by atoms with Gasteiger partial charge >= 0.3 is 0 Å². The van der Waals surface area contributed by atoms with E-state index in [1.807, 2.05) is 11.8 Å². The summed E-state index contributed by atoms with van der Waals surface area (Å²) in [6.07, 6.45) is 5.24. The maximum absolute atomic E-state index is 12.3. The van der Waals surface area contributed by atoms with Gasteiger partial charge in [-0.05, 0) is 38.6 Å². The molecule has 0 aromatic rings. The minimum atomic E-state index is 0.0958. The zero-order chi connectivity index (χ0) is 13.4. The van der Waals surface area contributed by atoms with Gasteiger partial charge in [0.1, 0.15) is 0 Å². The zero-order valence-corrected chi connectivity index (χ0v) is 11.9. The lowest BCUT2D eigenvalue weighted by Gasteiger charge is -2.34. The van der Waals surface area contributed by atoms with E-state index in [4.69, 9.17) is 10.5 Å². The fourth-order valence-corrected chi connectivity index (χ4v) is 2.42. The topological polar surface area (TPSA) is 55.6 Å². The molecule has 2 N–H and O–H groups in total. The predicted octanol–water partition coefficient (Wildman–Crippen LogP) is 1.78. The third-order valence-electron chi connectivity index (χ3n) is 3.51. The highest BCUT2D eigenvalue weighted by Gasteiger charge is 2.26. The van der Waals surface area contributed by atoms with Crippen LogP contribution in [-0.2, 0) is 9.53 Å². The molecule has 2 atom stereocenters. The molecule has 0 aliphatic carbocycles. The molecule has 1 fully saturated rings. The number of piperidine rings is 1.